The Hall–Kier alpha value is -15.0. The van der Waals surface area contributed by atoms with E-state index in [9.17, 15) is 43.9 Å². The fourth-order valence-electron chi connectivity index (χ4n) is 18.6. The quantitative estimate of drug-likeness (QED) is 0.0236. The van der Waals surface area contributed by atoms with E-state index < -0.39 is 65.5 Å². The lowest BCUT2D eigenvalue weighted by atomic mass is 10.0. The van der Waals surface area contributed by atoms with Crippen molar-refractivity contribution >= 4 is 135 Å². The Bertz CT molecular complexity index is 6810. The summed E-state index contributed by atoms with van der Waals surface area (Å²) in [6, 6.07) is 27.7. The van der Waals surface area contributed by atoms with Crippen LogP contribution in [0.25, 0.3) is 0 Å². The Balaban J connectivity index is 0.000000107. The summed E-state index contributed by atoms with van der Waals surface area (Å²) in [6.45, 7) is 1.52. The first-order valence-electron chi connectivity index (χ1n) is 47.6. The highest BCUT2D eigenvalue weighted by molar-refractivity contribution is 6.31. The van der Waals surface area contributed by atoms with Crippen LogP contribution >= 0.6 is 34.8 Å². The van der Waals surface area contributed by atoms with Crippen molar-refractivity contribution in [2.24, 2.45) is 0 Å². The van der Waals surface area contributed by atoms with Crippen LogP contribution in [0, 0.1) is 40.7 Å². The molecule has 8 unspecified atom stereocenters. The number of hydrogen-bond donors (Lipinski definition) is 12. The Labute approximate surface area is 835 Å². The summed E-state index contributed by atoms with van der Waals surface area (Å²) in [5, 5.41) is 52.3. The number of nitrogens with zero attached hydrogens (tertiary/aromatic N) is 25. The maximum Gasteiger partial charge on any atom is 0.235 e. The second-order valence-corrected chi connectivity index (χ2v) is 38.3. The molecule has 14 N–H and O–H groups in total. The molecule has 5 aromatic carbocycles. The fourth-order valence-corrected chi connectivity index (χ4v) is 19.2. The van der Waals surface area contributed by atoms with E-state index in [0.717, 1.165) is 84.8 Å². The molecule has 0 spiro atoms. The molecular weight excluding hydrogens is 1960 g/mol. The van der Waals surface area contributed by atoms with Gasteiger partial charge in [0.25, 0.3) is 0 Å². The summed E-state index contributed by atoms with van der Waals surface area (Å²) < 4.78 is 141. The van der Waals surface area contributed by atoms with E-state index in [-0.39, 0.29) is 109 Å². The number of nitrogens with two attached hydrogens (primary N) is 2. The maximum absolute atomic E-state index is 14.5. The monoisotopic (exact) mass is 2050 g/mol. The van der Waals surface area contributed by atoms with Crippen molar-refractivity contribution < 1.29 is 43.9 Å². The van der Waals surface area contributed by atoms with Crippen molar-refractivity contribution in [3.63, 3.8) is 0 Å². The summed E-state index contributed by atoms with van der Waals surface area (Å²) in [5.41, 5.74) is 19.3. The van der Waals surface area contributed by atoms with Crippen LogP contribution < -0.4 is 62.6 Å². The molecule has 15 heterocycles. The number of nitrogen functional groups attached to an aromatic ring is 2. The summed E-state index contributed by atoms with van der Waals surface area (Å²) in [6.07, 6.45) is 15.9. The number of aromatic amines is 5. The van der Waals surface area contributed by atoms with Crippen molar-refractivity contribution in [3.8, 4) is 0 Å². The van der Waals surface area contributed by atoms with E-state index in [1.807, 2.05) is 40.1 Å². The third-order valence-electron chi connectivity index (χ3n) is 26.4. The molecule has 0 amide bonds. The highest BCUT2D eigenvalue weighted by atomic mass is 35.5. The van der Waals surface area contributed by atoms with Gasteiger partial charge in [0, 0.05) is 164 Å². The van der Waals surface area contributed by atoms with Gasteiger partial charge in [0.2, 0.25) is 71.4 Å². The number of H-pyrrole nitrogens is 5. The van der Waals surface area contributed by atoms with Gasteiger partial charge in [-0.3, -0.25) is 25.5 Å². The minimum absolute atomic E-state index is 0.0156. The van der Waals surface area contributed by atoms with Gasteiger partial charge in [-0.15, -0.1) is 0 Å². The Morgan fingerprint density at radius 1 is 0.290 bits per heavy atom. The molecule has 15 aromatic rings. The highest BCUT2D eigenvalue weighted by Gasteiger charge is 2.42. The molecular formula is C95H94Cl3F10N37. The van der Waals surface area contributed by atoms with Crippen LogP contribution in [0.1, 0.15) is 225 Å². The average Bonchev–Trinajstić information content (AvgIpc) is 1.64. The molecule has 25 rings (SSSR count). The summed E-state index contributed by atoms with van der Waals surface area (Å²) in [5.74, 6) is 5.32. The fraction of sp³-hybridized carbons (Fsp3) is 0.368. The van der Waals surface area contributed by atoms with E-state index >= 15 is 0 Å². The lowest BCUT2D eigenvalue weighted by Gasteiger charge is -2.25. The van der Waals surface area contributed by atoms with Gasteiger partial charge in [-0.25, -0.2) is 73.8 Å². The van der Waals surface area contributed by atoms with Gasteiger partial charge < -0.3 is 62.6 Å². The molecule has 8 atom stereocenters. The standard InChI is InChI=1S/2C19H18ClF2N7.C19H20ClFN8.C19H18F3N7.C19H20F2N8/c20-14-5-11(21)3-4-13(14)16-6-12(22)8-29(16)19-24-9-23-18(26-19)25-17-7-15(27-28-17)10-1-2-10;20-11-3-4-13(14(22)5-11)16-6-12(21)8-29(16)19-24-9-23-18(26-19)25-17-7-15(27-28-17)10-1-2-10;20-11-5-6-12(13(21)8-11)15-2-1-7-29(15)19-25-17(22)24-18(26-19)23-16-9-14(27-28-16)10-3-4-10;20-11-3-4-14(22)13(5-11)16-6-12(21)8-29(16)19-24-9-23-18(26-19)25-17-7-15(27-28-17)10-1-2-10;20-11-5-6-12(13(21)8-11)15-2-1-7-29(15)19-25-17(22)24-18(26-19)23-16-9-14(27-28-16)10-3-4-10/h2*3-5,7,9-10,12,16H,1-2,6,8H2,(H2,23,24,25,26,27,28);5-6,8-10,15H,1-4,7H2,(H4,22,23,24,25,26,27,28);3-5,7,9-10,12,16H,1-2,6,8H2,(H2,23,24,25,26,27,28);5-6,8-10,15H,1-4,7H2,(H4,22,23,24,25,26,27,28). The average molecular weight is 2050 g/mol. The zero-order valence-corrected chi connectivity index (χ0v) is 79.4. The van der Waals surface area contributed by atoms with Crippen LogP contribution in [0.4, 0.5) is 144 Å². The van der Waals surface area contributed by atoms with E-state index in [4.69, 9.17) is 46.3 Å². The van der Waals surface area contributed by atoms with Crippen LogP contribution in [0.15, 0.2) is 140 Å². The summed E-state index contributed by atoms with van der Waals surface area (Å²) >= 11 is 18.0. The smallest absolute Gasteiger partial charge is 0.235 e. The van der Waals surface area contributed by atoms with Crippen LogP contribution in [0.2, 0.25) is 15.1 Å². The third kappa shape index (κ3) is 23.1. The molecule has 10 aromatic heterocycles. The molecule has 50 heteroatoms. The molecule has 5 saturated heterocycles. The normalized spacial score (nSPS) is 20.5. The molecule has 5 aliphatic carbocycles. The van der Waals surface area contributed by atoms with Gasteiger partial charge in [0.15, 0.2) is 29.1 Å². The number of halogens is 13. The first-order valence-corrected chi connectivity index (χ1v) is 48.7. The highest BCUT2D eigenvalue weighted by Crippen LogP contribution is 2.48. The second kappa shape index (κ2) is 41.7. The molecule has 10 fully saturated rings. The lowest BCUT2D eigenvalue weighted by molar-refractivity contribution is 0.355. The largest absolute Gasteiger partial charge is 0.368 e. The number of alkyl halides is 3. The first-order chi connectivity index (χ1) is 70.3. The SMILES string of the molecule is Fc1cc(Cl)ccc1C1CC(F)CN1c1ncnc(Nc2cc(C3CC3)[nH]n2)n1.Fc1ccc(C2CC(F)CN2c2ncnc(Nc3cc(C4CC4)[nH]n3)n2)c(Cl)c1.Fc1ccc(F)c(C2CC(F)CN2c2ncnc(Nc3cc(C4CC4)[nH]n3)n2)c1.Nc1nc(Nc2cc(C3CC3)[nH]n2)nc(N2CCCC2c2ccc(Cl)cc2F)n1.Nc1nc(Nc2cc(C3CC3)[nH]n2)nc(N2CCCC2c2ccc(F)cc2F)n1. The Morgan fingerprint density at radius 3 is 0.959 bits per heavy atom. The number of aromatic nitrogens is 25. The number of anilines is 17. The van der Waals surface area contributed by atoms with Gasteiger partial charge in [-0.05, 0) is 156 Å². The Kier molecular flexibility index (Phi) is 27.7. The molecule has 145 heavy (non-hydrogen) atoms. The van der Waals surface area contributed by atoms with Gasteiger partial charge >= 0.3 is 0 Å². The lowest BCUT2D eigenvalue weighted by Crippen LogP contribution is -2.26. The zero-order valence-electron chi connectivity index (χ0n) is 77.1. The van der Waals surface area contributed by atoms with Crippen molar-refractivity contribution in [2.75, 3.05) is 95.3 Å². The minimum atomic E-state index is -1.21. The molecule has 5 saturated carbocycles. The van der Waals surface area contributed by atoms with Gasteiger partial charge in [-0.1, -0.05) is 59.1 Å². The molecule has 0 radical (unpaired) electrons. The van der Waals surface area contributed by atoms with Crippen LogP contribution in [0.3, 0.4) is 0 Å². The van der Waals surface area contributed by atoms with E-state index in [0.29, 0.717) is 146 Å². The van der Waals surface area contributed by atoms with Crippen LogP contribution in [-0.2, 0) is 0 Å². The number of rotatable bonds is 25. The zero-order chi connectivity index (χ0) is 99.8. The second-order valence-electron chi connectivity index (χ2n) is 37.0. The molecule has 5 aliphatic heterocycles. The summed E-state index contributed by atoms with van der Waals surface area (Å²) in [4.78, 5) is 72.6. The van der Waals surface area contributed by atoms with Crippen LogP contribution in [-0.4, -0.2) is 177 Å². The van der Waals surface area contributed by atoms with E-state index in [2.05, 4.69) is 152 Å². The first kappa shape index (κ1) is 96.1. The van der Waals surface area contributed by atoms with E-state index in [1.54, 1.807) is 40.1 Å². The maximum atomic E-state index is 14.5. The van der Waals surface area contributed by atoms with Gasteiger partial charge in [-0.2, -0.15) is 70.3 Å². The van der Waals surface area contributed by atoms with Crippen molar-refractivity contribution in [1.82, 2.24) is 126 Å². The Morgan fingerprint density at radius 2 is 0.600 bits per heavy atom. The molecule has 750 valence electrons. The molecule has 37 nitrogen and oxygen atoms in total. The summed E-state index contributed by atoms with van der Waals surface area (Å²) in [7, 11) is 0. The van der Waals surface area contributed by atoms with Crippen LogP contribution in [0.5, 0.6) is 0 Å². The topological polar surface area (TPSA) is 465 Å². The van der Waals surface area contributed by atoms with Gasteiger partial charge in [0.05, 0.1) is 49.8 Å². The predicted molar refractivity (Wildman–Crippen MR) is 522 cm³/mol. The van der Waals surface area contributed by atoms with Gasteiger partial charge in [0.1, 0.15) is 78.2 Å². The minimum Gasteiger partial charge on any atom is -0.368 e. The third-order valence-corrected chi connectivity index (χ3v) is 27.2. The van der Waals surface area contributed by atoms with E-state index in [1.165, 1.54) is 112 Å². The predicted octanol–water partition coefficient (Wildman–Crippen LogP) is 19.7. The number of hydrogen-bond acceptors (Lipinski definition) is 32. The van der Waals surface area contributed by atoms with Crippen molar-refractivity contribution in [1.29, 1.82) is 0 Å². The van der Waals surface area contributed by atoms with Crippen molar-refractivity contribution in [3.05, 3.63) is 252 Å². The molecule has 10 aliphatic rings. The number of benzene rings is 5. The number of nitrogens with one attached hydrogen (secondary N) is 10. The van der Waals surface area contributed by atoms with Crippen molar-refractivity contribution in [2.45, 2.75) is 187 Å². The molecule has 0 bridgehead atoms.